The number of rotatable bonds is 3. The standard InChI is InChI=1S/C11H15FN2O2S2/c1-11(2,3)18(15,16)14-9-5-4-7(12)6-8(9)10(13)17/h4-6,14H,1-3H3,(H2,13,17). The molecule has 100 valence electrons. The molecule has 1 aromatic carbocycles. The van der Waals surface area contributed by atoms with Crippen LogP contribution < -0.4 is 10.5 Å². The lowest BCUT2D eigenvalue weighted by Gasteiger charge is -2.21. The molecule has 0 unspecified atom stereocenters. The lowest BCUT2D eigenvalue weighted by Crippen LogP contribution is -2.34. The van der Waals surface area contributed by atoms with Crippen molar-refractivity contribution in [2.24, 2.45) is 5.73 Å². The first-order valence-electron chi connectivity index (χ1n) is 5.16. The topological polar surface area (TPSA) is 72.2 Å². The van der Waals surface area contributed by atoms with Crippen molar-refractivity contribution in [2.45, 2.75) is 25.5 Å². The highest BCUT2D eigenvalue weighted by atomic mass is 32.2. The highest BCUT2D eigenvalue weighted by molar-refractivity contribution is 7.94. The molecule has 0 heterocycles. The lowest BCUT2D eigenvalue weighted by molar-refractivity contribution is 0.566. The summed E-state index contributed by atoms with van der Waals surface area (Å²) in [6, 6.07) is 3.54. The van der Waals surface area contributed by atoms with Gasteiger partial charge in [-0.15, -0.1) is 0 Å². The summed E-state index contributed by atoms with van der Waals surface area (Å²) in [6.07, 6.45) is 0. The molecule has 0 aromatic heterocycles. The smallest absolute Gasteiger partial charge is 0.237 e. The maximum Gasteiger partial charge on any atom is 0.237 e. The van der Waals surface area contributed by atoms with E-state index in [1.54, 1.807) is 20.8 Å². The van der Waals surface area contributed by atoms with Gasteiger partial charge in [-0.3, -0.25) is 4.72 Å². The summed E-state index contributed by atoms with van der Waals surface area (Å²) in [7, 11) is -3.61. The van der Waals surface area contributed by atoms with Crippen LogP contribution in [0.5, 0.6) is 0 Å². The Morgan fingerprint density at radius 3 is 2.39 bits per heavy atom. The fourth-order valence-electron chi connectivity index (χ4n) is 1.11. The minimum absolute atomic E-state index is 0.0684. The van der Waals surface area contributed by atoms with Crippen molar-refractivity contribution in [1.82, 2.24) is 0 Å². The second-order valence-electron chi connectivity index (χ2n) is 4.77. The maximum absolute atomic E-state index is 13.1. The first kappa shape index (κ1) is 14.8. The van der Waals surface area contributed by atoms with Crippen LogP contribution in [-0.2, 0) is 10.0 Å². The normalized spacial score (nSPS) is 12.2. The van der Waals surface area contributed by atoms with E-state index in [4.69, 9.17) is 18.0 Å². The molecule has 1 rings (SSSR count). The molecule has 3 N–H and O–H groups in total. The Morgan fingerprint density at radius 1 is 1.39 bits per heavy atom. The van der Waals surface area contributed by atoms with Gasteiger partial charge in [0.25, 0.3) is 0 Å². The highest BCUT2D eigenvalue weighted by Gasteiger charge is 2.29. The minimum Gasteiger partial charge on any atom is -0.389 e. The number of sulfonamides is 1. The van der Waals surface area contributed by atoms with Gasteiger partial charge in [-0.1, -0.05) is 12.2 Å². The van der Waals surface area contributed by atoms with E-state index in [1.165, 1.54) is 6.07 Å². The molecule has 0 amide bonds. The van der Waals surface area contributed by atoms with E-state index in [0.29, 0.717) is 0 Å². The van der Waals surface area contributed by atoms with Gasteiger partial charge in [0.05, 0.1) is 10.4 Å². The molecular formula is C11H15FN2O2S2. The quantitative estimate of drug-likeness (QED) is 0.835. The molecule has 0 aliphatic carbocycles. The van der Waals surface area contributed by atoms with Crippen molar-refractivity contribution >= 4 is 32.9 Å². The van der Waals surface area contributed by atoms with Crippen LogP contribution in [0.2, 0.25) is 0 Å². The SMILES string of the molecule is CC(C)(C)S(=O)(=O)Nc1ccc(F)cc1C(N)=S. The second-order valence-corrected chi connectivity index (χ2v) is 7.65. The molecule has 7 heteroatoms. The number of halogens is 1. The fourth-order valence-corrected chi connectivity index (χ4v) is 2.05. The van der Waals surface area contributed by atoms with Gasteiger partial charge in [-0.25, -0.2) is 12.8 Å². The third kappa shape index (κ3) is 3.17. The number of thiocarbonyl (C=S) groups is 1. The third-order valence-electron chi connectivity index (χ3n) is 2.30. The first-order valence-corrected chi connectivity index (χ1v) is 7.05. The number of nitrogens with two attached hydrogens (primary N) is 1. The highest BCUT2D eigenvalue weighted by Crippen LogP contribution is 2.23. The maximum atomic E-state index is 13.1. The molecule has 0 saturated carbocycles. The predicted octanol–water partition coefficient (Wildman–Crippen LogP) is 2.00. The van der Waals surface area contributed by atoms with E-state index in [1.807, 2.05) is 0 Å². The molecule has 0 spiro atoms. The van der Waals surface area contributed by atoms with Crippen molar-refractivity contribution < 1.29 is 12.8 Å². The third-order valence-corrected chi connectivity index (χ3v) is 4.62. The Kier molecular flexibility index (Phi) is 3.97. The molecule has 0 atom stereocenters. The van der Waals surface area contributed by atoms with Crippen molar-refractivity contribution in [3.63, 3.8) is 0 Å². The zero-order valence-corrected chi connectivity index (χ0v) is 12.0. The number of benzene rings is 1. The molecule has 4 nitrogen and oxygen atoms in total. The Labute approximate surface area is 111 Å². The lowest BCUT2D eigenvalue weighted by atomic mass is 10.2. The van der Waals surface area contributed by atoms with E-state index in [-0.39, 0.29) is 16.2 Å². The van der Waals surface area contributed by atoms with Gasteiger partial charge < -0.3 is 5.73 Å². The molecule has 0 fully saturated rings. The van der Waals surface area contributed by atoms with Gasteiger partial charge in [0.15, 0.2) is 0 Å². The summed E-state index contributed by atoms with van der Waals surface area (Å²) in [5.41, 5.74) is 5.79. The average molecular weight is 290 g/mol. The van der Waals surface area contributed by atoms with Gasteiger partial charge in [0.2, 0.25) is 10.0 Å². The van der Waals surface area contributed by atoms with Crippen LogP contribution in [0.1, 0.15) is 26.3 Å². The van der Waals surface area contributed by atoms with Crippen LogP contribution in [0.3, 0.4) is 0 Å². The van der Waals surface area contributed by atoms with E-state index >= 15 is 0 Å². The van der Waals surface area contributed by atoms with Gasteiger partial charge in [0, 0.05) is 5.56 Å². The monoisotopic (exact) mass is 290 g/mol. The molecular weight excluding hydrogens is 275 g/mol. The summed E-state index contributed by atoms with van der Waals surface area (Å²) in [6.45, 7) is 4.66. The van der Waals surface area contributed by atoms with E-state index < -0.39 is 20.6 Å². The molecule has 0 bridgehead atoms. The largest absolute Gasteiger partial charge is 0.389 e. The van der Waals surface area contributed by atoms with Gasteiger partial charge in [-0.2, -0.15) is 0 Å². The van der Waals surface area contributed by atoms with E-state index in [9.17, 15) is 12.8 Å². The summed E-state index contributed by atoms with van der Waals surface area (Å²) < 4.78 is 38.4. The minimum atomic E-state index is -3.61. The average Bonchev–Trinajstić information content (AvgIpc) is 2.18. The van der Waals surface area contributed by atoms with Crippen LogP contribution >= 0.6 is 12.2 Å². The van der Waals surface area contributed by atoms with Crippen molar-refractivity contribution in [3.05, 3.63) is 29.6 Å². The summed E-state index contributed by atoms with van der Waals surface area (Å²) in [5.74, 6) is -0.531. The number of hydrogen-bond acceptors (Lipinski definition) is 3. The molecule has 0 aliphatic heterocycles. The molecule has 0 saturated heterocycles. The Bertz CT molecular complexity index is 577. The summed E-state index contributed by atoms with van der Waals surface area (Å²) >= 11 is 4.77. The second kappa shape index (κ2) is 4.81. The van der Waals surface area contributed by atoms with Crippen LogP contribution in [0.15, 0.2) is 18.2 Å². The van der Waals surface area contributed by atoms with Crippen LogP contribution in [0.4, 0.5) is 10.1 Å². The van der Waals surface area contributed by atoms with Crippen LogP contribution in [0, 0.1) is 5.82 Å². The van der Waals surface area contributed by atoms with Gasteiger partial charge in [-0.05, 0) is 39.0 Å². The van der Waals surface area contributed by atoms with E-state index in [0.717, 1.165) is 12.1 Å². The van der Waals surface area contributed by atoms with Gasteiger partial charge in [0.1, 0.15) is 10.8 Å². The van der Waals surface area contributed by atoms with Gasteiger partial charge >= 0.3 is 0 Å². The molecule has 1 aromatic rings. The Hall–Kier alpha value is -1.21. The Balaban J connectivity index is 3.25. The number of anilines is 1. The van der Waals surface area contributed by atoms with Crippen molar-refractivity contribution in [3.8, 4) is 0 Å². The van der Waals surface area contributed by atoms with Crippen LogP contribution in [-0.4, -0.2) is 18.2 Å². The molecule has 0 radical (unpaired) electrons. The fraction of sp³-hybridized carbons (Fsp3) is 0.364. The first-order chi connectivity index (χ1) is 8.04. The van der Waals surface area contributed by atoms with E-state index in [2.05, 4.69) is 4.72 Å². The zero-order chi connectivity index (χ0) is 14.1. The van der Waals surface area contributed by atoms with Crippen LogP contribution in [0.25, 0.3) is 0 Å². The molecule has 18 heavy (non-hydrogen) atoms. The van der Waals surface area contributed by atoms with Crippen molar-refractivity contribution in [1.29, 1.82) is 0 Å². The summed E-state index contributed by atoms with van der Waals surface area (Å²) in [5, 5.41) is 0. The number of hydrogen-bond donors (Lipinski definition) is 2. The Morgan fingerprint density at radius 2 is 1.94 bits per heavy atom. The zero-order valence-electron chi connectivity index (χ0n) is 10.3. The van der Waals surface area contributed by atoms with Crippen molar-refractivity contribution in [2.75, 3.05) is 4.72 Å². The summed E-state index contributed by atoms with van der Waals surface area (Å²) in [4.78, 5) is -0.0684. The molecule has 0 aliphatic rings. The predicted molar refractivity (Wildman–Crippen MR) is 74.6 cm³/mol. The number of nitrogens with one attached hydrogen (secondary N) is 1.